The fourth-order valence-electron chi connectivity index (χ4n) is 1.97. The van der Waals surface area contributed by atoms with Gasteiger partial charge in [-0.2, -0.15) is 0 Å². The number of nitrogens with zero attached hydrogens (tertiary/aromatic N) is 1. The molecule has 0 radical (unpaired) electrons. The first-order chi connectivity index (χ1) is 7.11. The third kappa shape index (κ3) is 3.18. The summed E-state index contributed by atoms with van der Waals surface area (Å²) in [6.07, 6.45) is 2.18. The Labute approximate surface area is 91.2 Å². The molecule has 0 spiro atoms. The van der Waals surface area contributed by atoms with Crippen molar-refractivity contribution in [3.8, 4) is 0 Å². The van der Waals surface area contributed by atoms with Crippen LogP contribution in [0.5, 0.6) is 0 Å². The zero-order valence-corrected chi connectivity index (χ0v) is 9.77. The number of esters is 1. The van der Waals surface area contributed by atoms with Crippen LogP contribution in [0.25, 0.3) is 0 Å². The molecule has 1 atom stereocenters. The molecule has 1 fully saturated rings. The van der Waals surface area contributed by atoms with Crippen LogP contribution in [0.2, 0.25) is 0 Å². The second kappa shape index (κ2) is 5.47. The summed E-state index contributed by atoms with van der Waals surface area (Å²) in [5.41, 5.74) is 0. The second-order valence-electron chi connectivity index (χ2n) is 4.36. The first kappa shape index (κ1) is 12.5. The van der Waals surface area contributed by atoms with E-state index in [0.29, 0.717) is 12.5 Å². The first-order valence-electron chi connectivity index (χ1n) is 5.56. The number of methoxy groups -OCH3 is 1. The molecule has 88 valence electrons. The van der Waals surface area contributed by atoms with Gasteiger partial charge in [0.2, 0.25) is 0 Å². The van der Waals surface area contributed by atoms with Crippen molar-refractivity contribution >= 4 is 5.97 Å². The number of aliphatic hydroxyl groups excluding tert-OH is 1. The van der Waals surface area contributed by atoms with Gasteiger partial charge in [-0.25, -0.2) is 0 Å². The SMILES string of the molecule is COC(=O)C(C1CC1)N(CCO)C(C)C. The predicted molar refractivity (Wildman–Crippen MR) is 57.5 cm³/mol. The van der Waals surface area contributed by atoms with Gasteiger partial charge in [0.1, 0.15) is 6.04 Å². The summed E-state index contributed by atoms with van der Waals surface area (Å²) >= 11 is 0. The normalized spacial score (nSPS) is 18.3. The molecule has 0 aromatic heterocycles. The molecule has 0 saturated heterocycles. The highest BCUT2D eigenvalue weighted by Gasteiger charge is 2.41. The quantitative estimate of drug-likeness (QED) is 0.661. The molecule has 1 aliphatic carbocycles. The summed E-state index contributed by atoms with van der Waals surface area (Å²) in [6.45, 7) is 4.69. The number of hydrogen-bond donors (Lipinski definition) is 1. The molecule has 0 amide bonds. The van der Waals surface area contributed by atoms with Gasteiger partial charge in [-0.05, 0) is 32.6 Å². The van der Waals surface area contributed by atoms with Crippen LogP contribution in [0.1, 0.15) is 26.7 Å². The smallest absolute Gasteiger partial charge is 0.323 e. The lowest BCUT2D eigenvalue weighted by Gasteiger charge is -2.32. The van der Waals surface area contributed by atoms with E-state index in [1.807, 2.05) is 18.7 Å². The largest absolute Gasteiger partial charge is 0.468 e. The maximum atomic E-state index is 11.7. The van der Waals surface area contributed by atoms with Gasteiger partial charge >= 0.3 is 5.97 Å². The summed E-state index contributed by atoms with van der Waals surface area (Å²) < 4.78 is 4.83. The molecule has 4 heteroatoms. The van der Waals surface area contributed by atoms with E-state index in [1.165, 1.54) is 7.11 Å². The Morgan fingerprint density at radius 1 is 1.53 bits per heavy atom. The van der Waals surface area contributed by atoms with Crippen molar-refractivity contribution in [2.75, 3.05) is 20.3 Å². The number of rotatable bonds is 6. The Hall–Kier alpha value is -0.610. The van der Waals surface area contributed by atoms with Crippen LogP contribution in [0.3, 0.4) is 0 Å². The van der Waals surface area contributed by atoms with Crippen LogP contribution in [0.15, 0.2) is 0 Å². The van der Waals surface area contributed by atoms with Crippen LogP contribution in [0.4, 0.5) is 0 Å². The van der Waals surface area contributed by atoms with Crippen LogP contribution >= 0.6 is 0 Å². The average molecular weight is 215 g/mol. The van der Waals surface area contributed by atoms with Gasteiger partial charge in [0, 0.05) is 12.6 Å². The van der Waals surface area contributed by atoms with Crippen molar-refractivity contribution in [2.45, 2.75) is 38.8 Å². The minimum Gasteiger partial charge on any atom is -0.468 e. The molecule has 1 N–H and O–H groups in total. The van der Waals surface area contributed by atoms with E-state index >= 15 is 0 Å². The van der Waals surface area contributed by atoms with Gasteiger partial charge in [-0.3, -0.25) is 9.69 Å². The molecule has 0 aliphatic heterocycles. The van der Waals surface area contributed by atoms with E-state index in [2.05, 4.69) is 0 Å². The number of hydrogen-bond acceptors (Lipinski definition) is 4. The Bertz CT molecular complexity index is 214. The van der Waals surface area contributed by atoms with Gasteiger partial charge in [0.15, 0.2) is 0 Å². The van der Waals surface area contributed by atoms with Gasteiger partial charge in [-0.1, -0.05) is 0 Å². The summed E-state index contributed by atoms with van der Waals surface area (Å²) in [6, 6.07) is 0.0870. The van der Waals surface area contributed by atoms with Crippen molar-refractivity contribution in [3.05, 3.63) is 0 Å². The summed E-state index contributed by atoms with van der Waals surface area (Å²) in [5.74, 6) is 0.256. The van der Waals surface area contributed by atoms with Gasteiger partial charge in [0.05, 0.1) is 13.7 Å². The maximum absolute atomic E-state index is 11.7. The summed E-state index contributed by atoms with van der Waals surface area (Å²) in [7, 11) is 1.43. The molecule has 4 nitrogen and oxygen atoms in total. The molecular weight excluding hydrogens is 194 g/mol. The molecule has 15 heavy (non-hydrogen) atoms. The monoisotopic (exact) mass is 215 g/mol. The lowest BCUT2D eigenvalue weighted by molar-refractivity contribution is -0.149. The minimum atomic E-state index is -0.167. The number of carbonyl (C=O) groups is 1. The predicted octanol–water partition coefficient (Wildman–Crippen LogP) is 0.641. The molecule has 0 aromatic carbocycles. The van der Waals surface area contributed by atoms with Crippen LogP contribution in [-0.4, -0.2) is 48.3 Å². The van der Waals surface area contributed by atoms with Crippen LogP contribution in [-0.2, 0) is 9.53 Å². The van der Waals surface area contributed by atoms with E-state index in [-0.39, 0.29) is 24.7 Å². The van der Waals surface area contributed by atoms with E-state index in [1.54, 1.807) is 0 Å². The zero-order chi connectivity index (χ0) is 11.4. The van der Waals surface area contributed by atoms with Gasteiger partial charge in [0.25, 0.3) is 0 Å². The van der Waals surface area contributed by atoms with Crippen LogP contribution in [0, 0.1) is 5.92 Å². The first-order valence-corrected chi connectivity index (χ1v) is 5.56. The average Bonchev–Trinajstić information content (AvgIpc) is 3.00. The van der Waals surface area contributed by atoms with Gasteiger partial charge in [-0.15, -0.1) is 0 Å². The van der Waals surface area contributed by atoms with Crippen molar-refractivity contribution in [3.63, 3.8) is 0 Å². The van der Waals surface area contributed by atoms with Crippen molar-refractivity contribution in [1.29, 1.82) is 0 Å². The van der Waals surface area contributed by atoms with Crippen LogP contribution < -0.4 is 0 Å². The molecule has 1 saturated carbocycles. The lowest BCUT2D eigenvalue weighted by atomic mass is 10.1. The molecule has 1 unspecified atom stereocenters. The fraction of sp³-hybridized carbons (Fsp3) is 0.909. The highest BCUT2D eigenvalue weighted by molar-refractivity contribution is 5.76. The van der Waals surface area contributed by atoms with E-state index in [4.69, 9.17) is 9.84 Å². The Morgan fingerprint density at radius 2 is 2.13 bits per heavy atom. The van der Waals surface area contributed by atoms with E-state index in [0.717, 1.165) is 12.8 Å². The third-order valence-electron chi connectivity index (χ3n) is 2.89. The fourth-order valence-corrected chi connectivity index (χ4v) is 1.97. The third-order valence-corrected chi connectivity index (χ3v) is 2.89. The highest BCUT2D eigenvalue weighted by Crippen LogP contribution is 2.36. The van der Waals surface area contributed by atoms with Crippen molar-refractivity contribution in [2.24, 2.45) is 5.92 Å². The standard InChI is InChI=1S/C11H21NO3/c1-8(2)12(6-7-13)10(9-4-5-9)11(14)15-3/h8-10,13H,4-7H2,1-3H3. The minimum absolute atomic E-state index is 0.0817. The van der Waals surface area contributed by atoms with Crippen molar-refractivity contribution in [1.82, 2.24) is 4.90 Å². The van der Waals surface area contributed by atoms with E-state index < -0.39 is 0 Å². The summed E-state index contributed by atoms with van der Waals surface area (Å²) in [4.78, 5) is 13.7. The topological polar surface area (TPSA) is 49.8 Å². The Kier molecular flexibility index (Phi) is 4.54. The molecular formula is C11H21NO3. The number of aliphatic hydroxyl groups is 1. The zero-order valence-electron chi connectivity index (χ0n) is 9.77. The molecule has 0 heterocycles. The lowest BCUT2D eigenvalue weighted by Crippen LogP contribution is -2.48. The second-order valence-corrected chi connectivity index (χ2v) is 4.36. The van der Waals surface area contributed by atoms with Crippen molar-refractivity contribution < 1.29 is 14.6 Å². The molecule has 1 rings (SSSR count). The molecule has 0 bridgehead atoms. The number of carbonyl (C=O) groups excluding carboxylic acids is 1. The van der Waals surface area contributed by atoms with E-state index in [9.17, 15) is 4.79 Å². The Morgan fingerprint density at radius 3 is 2.47 bits per heavy atom. The molecule has 0 aromatic rings. The maximum Gasteiger partial charge on any atom is 0.323 e. The summed E-state index contributed by atoms with van der Waals surface area (Å²) in [5, 5.41) is 9.00. The molecule has 1 aliphatic rings. The number of ether oxygens (including phenoxy) is 1. The highest BCUT2D eigenvalue weighted by atomic mass is 16.5. The Balaban J connectivity index is 2.69. The van der Waals surface area contributed by atoms with Gasteiger partial charge < -0.3 is 9.84 Å².